The molecule has 0 bridgehead atoms. The van der Waals surface area contributed by atoms with Gasteiger partial charge in [0.1, 0.15) is 5.69 Å². The smallest absolute Gasteiger partial charge is 0.307 e. The van der Waals surface area contributed by atoms with Crippen LogP contribution in [0.5, 0.6) is 0 Å². The zero-order valence-electron chi connectivity index (χ0n) is 7.45. The molecule has 0 aliphatic rings. The number of carboxylic acids is 1. The number of aromatic nitrogens is 1. The van der Waals surface area contributed by atoms with Crippen LogP contribution in [0.3, 0.4) is 0 Å². The van der Waals surface area contributed by atoms with Crippen LogP contribution < -0.4 is 0 Å². The zero-order valence-corrected chi connectivity index (χ0v) is 7.45. The van der Waals surface area contributed by atoms with Crippen molar-refractivity contribution in [3.8, 4) is 0 Å². The Morgan fingerprint density at radius 3 is 2.64 bits per heavy atom. The average Bonchev–Trinajstić information content (AvgIpc) is 2.01. The van der Waals surface area contributed by atoms with E-state index < -0.39 is 17.7 Å². The molecular formula is C9H8FNO3. The molecule has 1 aromatic heterocycles. The van der Waals surface area contributed by atoms with Gasteiger partial charge in [-0.3, -0.25) is 9.59 Å². The quantitative estimate of drug-likeness (QED) is 0.581. The molecule has 0 atom stereocenters. The first-order valence-corrected chi connectivity index (χ1v) is 3.88. The summed E-state index contributed by atoms with van der Waals surface area (Å²) in [6.07, 6.45) is -0.320. The molecule has 0 radical (unpaired) electrons. The Morgan fingerprint density at radius 1 is 1.50 bits per heavy atom. The van der Waals surface area contributed by atoms with Crippen molar-refractivity contribution >= 4 is 11.8 Å². The molecule has 1 heterocycles. The maximum Gasteiger partial charge on any atom is 0.307 e. The lowest BCUT2D eigenvalue weighted by Crippen LogP contribution is -2.05. The first-order chi connectivity index (χ1) is 6.49. The van der Waals surface area contributed by atoms with E-state index in [4.69, 9.17) is 5.11 Å². The van der Waals surface area contributed by atoms with Gasteiger partial charge in [-0.25, -0.2) is 4.98 Å². The number of nitrogens with zero attached hydrogens (tertiary/aromatic N) is 1. The van der Waals surface area contributed by atoms with Gasteiger partial charge in [-0.1, -0.05) is 0 Å². The number of Topliss-reactive ketones (excluding diaryl/α,β-unsaturated/α-hetero) is 1. The average molecular weight is 197 g/mol. The van der Waals surface area contributed by atoms with E-state index in [-0.39, 0.29) is 17.7 Å². The molecule has 0 spiro atoms. The molecular weight excluding hydrogens is 189 g/mol. The molecule has 4 nitrogen and oxygen atoms in total. The molecule has 0 aromatic carbocycles. The minimum atomic E-state index is -1.08. The highest BCUT2D eigenvalue weighted by molar-refractivity contribution is 5.92. The molecule has 0 saturated carbocycles. The highest BCUT2D eigenvalue weighted by atomic mass is 19.1. The number of halogens is 1. The van der Waals surface area contributed by atoms with Gasteiger partial charge in [-0.2, -0.15) is 4.39 Å². The van der Waals surface area contributed by atoms with Crippen molar-refractivity contribution in [2.24, 2.45) is 0 Å². The van der Waals surface area contributed by atoms with E-state index >= 15 is 0 Å². The van der Waals surface area contributed by atoms with Crippen LogP contribution in [0.2, 0.25) is 0 Å². The summed E-state index contributed by atoms with van der Waals surface area (Å²) in [7, 11) is 0. The number of hydrogen-bond acceptors (Lipinski definition) is 3. The van der Waals surface area contributed by atoms with Gasteiger partial charge in [0.15, 0.2) is 5.78 Å². The Kier molecular flexibility index (Phi) is 2.91. The van der Waals surface area contributed by atoms with E-state index in [1.807, 2.05) is 0 Å². The van der Waals surface area contributed by atoms with Crippen LogP contribution in [0.4, 0.5) is 4.39 Å². The third-order valence-corrected chi connectivity index (χ3v) is 1.57. The number of carbonyl (C=O) groups is 2. The minimum Gasteiger partial charge on any atom is -0.481 e. The number of rotatable bonds is 3. The highest BCUT2D eigenvalue weighted by Gasteiger charge is 2.08. The van der Waals surface area contributed by atoms with Crippen LogP contribution in [0.1, 0.15) is 23.0 Å². The molecule has 1 rings (SSSR count). The van der Waals surface area contributed by atoms with Crippen molar-refractivity contribution in [1.82, 2.24) is 4.98 Å². The molecule has 1 aromatic rings. The number of carbonyl (C=O) groups excluding carboxylic acids is 1. The van der Waals surface area contributed by atoms with Crippen LogP contribution in [0.25, 0.3) is 0 Å². The van der Waals surface area contributed by atoms with Gasteiger partial charge in [0.05, 0.1) is 6.42 Å². The monoisotopic (exact) mass is 197 g/mol. The standard InChI is InChI=1S/C9H8FNO3/c1-5(12)7-2-6(4-9(13)14)3-8(10)11-7/h2-3H,4H2,1H3,(H,13,14). The third-order valence-electron chi connectivity index (χ3n) is 1.57. The minimum absolute atomic E-state index is 0.0544. The lowest BCUT2D eigenvalue weighted by atomic mass is 10.1. The molecule has 0 aliphatic carbocycles. The van der Waals surface area contributed by atoms with Gasteiger partial charge in [0.2, 0.25) is 5.95 Å². The van der Waals surface area contributed by atoms with E-state index in [9.17, 15) is 14.0 Å². The van der Waals surface area contributed by atoms with Crippen molar-refractivity contribution < 1.29 is 19.1 Å². The van der Waals surface area contributed by atoms with Crippen molar-refractivity contribution in [1.29, 1.82) is 0 Å². The zero-order chi connectivity index (χ0) is 10.7. The lowest BCUT2D eigenvalue weighted by Gasteiger charge is -2.00. The fourth-order valence-electron chi connectivity index (χ4n) is 1.01. The van der Waals surface area contributed by atoms with Crippen molar-refractivity contribution in [2.45, 2.75) is 13.3 Å². The van der Waals surface area contributed by atoms with E-state index in [1.54, 1.807) is 0 Å². The molecule has 14 heavy (non-hydrogen) atoms. The number of carboxylic acid groups (broad SMARTS) is 1. The molecule has 0 amide bonds. The topological polar surface area (TPSA) is 67.3 Å². The van der Waals surface area contributed by atoms with Crippen LogP contribution in [-0.4, -0.2) is 21.8 Å². The summed E-state index contributed by atoms with van der Waals surface area (Å²) in [6, 6.07) is 2.28. The van der Waals surface area contributed by atoms with E-state index in [1.165, 1.54) is 13.0 Å². The Hall–Kier alpha value is -1.78. The maximum absolute atomic E-state index is 12.8. The predicted octanol–water partition coefficient (Wildman–Crippen LogP) is 1.05. The largest absolute Gasteiger partial charge is 0.481 e. The van der Waals surface area contributed by atoms with Gasteiger partial charge in [0.25, 0.3) is 0 Å². The van der Waals surface area contributed by atoms with Gasteiger partial charge in [-0.15, -0.1) is 0 Å². The van der Waals surface area contributed by atoms with Crippen molar-refractivity contribution in [3.63, 3.8) is 0 Å². The SMILES string of the molecule is CC(=O)c1cc(CC(=O)O)cc(F)n1. The van der Waals surface area contributed by atoms with Crippen LogP contribution in [-0.2, 0) is 11.2 Å². The van der Waals surface area contributed by atoms with Crippen molar-refractivity contribution in [3.05, 3.63) is 29.3 Å². The first kappa shape index (κ1) is 10.3. The van der Waals surface area contributed by atoms with Crippen molar-refractivity contribution in [2.75, 3.05) is 0 Å². The normalized spacial score (nSPS) is 9.86. The molecule has 1 N–H and O–H groups in total. The van der Waals surface area contributed by atoms with Gasteiger partial charge in [-0.05, 0) is 17.7 Å². The Morgan fingerprint density at radius 2 is 2.14 bits per heavy atom. The number of aliphatic carboxylic acids is 1. The van der Waals surface area contributed by atoms with Gasteiger partial charge >= 0.3 is 5.97 Å². The summed E-state index contributed by atoms with van der Waals surface area (Å²) in [5, 5.41) is 8.46. The third kappa shape index (κ3) is 2.62. The van der Waals surface area contributed by atoms with Gasteiger partial charge in [0, 0.05) is 6.92 Å². The second-order valence-corrected chi connectivity index (χ2v) is 2.81. The first-order valence-electron chi connectivity index (χ1n) is 3.88. The Bertz CT molecular complexity index is 390. The van der Waals surface area contributed by atoms with Gasteiger partial charge < -0.3 is 5.11 Å². The number of pyridine rings is 1. The second-order valence-electron chi connectivity index (χ2n) is 2.81. The second kappa shape index (κ2) is 3.95. The molecule has 0 fully saturated rings. The van der Waals surface area contributed by atoms with Crippen LogP contribution in [0, 0.1) is 5.95 Å². The lowest BCUT2D eigenvalue weighted by molar-refractivity contribution is -0.136. The van der Waals surface area contributed by atoms with Crippen LogP contribution in [0.15, 0.2) is 12.1 Å². The molecule has 0 saturated heterocycles. The van der Waals surface area contributed by atoms with E-state index in [0.29, 0.717) is 0 Å². The summed E-state index contributed by atoms with van der Waals surface area (Å²) in [5.74, 6) is -2.31. The van der Waals surface area contributed by atoms with Crippen LogP contribution >= 0.6 is 0 Å². The molecule has 0 aliphatic heterocycles. The summed E-state index contributed by atoms with van der Waals surface area (Å²) in [6.45, 7) is 1.24. The molecule has 5 heteroatoms. The molecule has 74 valence electrons. The fourth-order valence-corrected chi connectivity index (χ4v) is 1.01. The molecule has 0 unspecified atom stereocenters. The van der Waals surface area contributed by atoms with E-state index in [0.717, 1.165) is 6.07 Å². The number of ketones is 1. The predicted molar refractivity (Wildman–Crippen MR) is 45.5 cm³/mol. The maximum atomic E-state index is 12.8. The fraction of sp³-hybridized carbons (Fsp3) is 0.222. The summed E-state index contributed by atoms with van der Waals surface area (Å²) in [4.78, 5) is 24.5. The number of hydrogen-bond donors (Lipinski definition) is 1. The highest BCUT2D eigenvalue weighted by Crippen LogP contribution is 2.06. The Labute approximate surface area is 79.4 Å². The summed E-state index contributed by atoms with van der Waals surface area (Å²) < 4.78 is 12.8. The summed E-state index contributed by atoms with van der Waals surface area (Å²) >= 11 is 0. The van der Waals surface area contributed by atoms with E-state index in [2.05, 4.69) is 4.98 Å². The Balaban J connectivity index is 3.07. The summed E-state index contributed by atoms with van der Waals surface area (Å²) in [5.41, 5.74) is 0.177.